The van der Waals surface area contributed by atoms with Gasteiger partial charge in [-0.25, -0.2) is 0 Å². The Kier molecular flexibility index (Phi) is 4.43. The highest BCUT2D eigenvalue weighted by Crippen LogP contribution is 2.20. The molecule has 0 amide bonds. The molecule has 0 fully saturated rings. The molecule has 0 aliphatic rings. The minimum Gasteiger partial charge on any atom is -0.496 e. The molecule has 0 unspecified atom stereocenters. The number of hydrogen-bond donors (Lipinski definition) is 2. The van der Waals surface area contributed by atoms with Crippen LogP contribution in [0.25, 0.3) is 0 Å². The number of aryl methyl sites for hydroxylation is 1. The minimum absolute atomic E-state index is 0.767. The van der Waals surface area contributed by atoms with Crippen molar-refractivity contribution in [3.05, 3.63) is 29.3 Å². The van der Waals surface area contributed by atoms with E-state index < -0.39 is 0 Å². The van der Waals surface area contributed by atoms with Gasteiger partial charge in [-0.15, -0.1) is 0 Å². The Bertz CT molecular complexity index is 287. The van der Waals surface area contributed by atoms with Crippen LogP contribution in [0, 0.1) is 0 Å². The maximum absolute atomic E-state index is 5.27. The fourth-order valence-corrected chi connectivity index (χ4v) is 1.45. The van der Waals surface area contributed by atoms with E-state index in [1.165, 1.54) is 11.1 Å². The fraction of sp³-hybridized carbons (Fsp3) is 0.455. The third-order valence-corrected chi connectivity index (χ3v) is 2.29. The van der Waals surface area contributed by atoms with Crippen LogP contribution in [0.3, 0.4) is 0 Å². The van der Waals surface area contributed by atoms with Gasteiger partial charge in [0, 0.05) is 6.54 Å². The van der Waals surface area contributed by atoms with Crippen LogP contribution >= 0.6 is 0 Å². The van der Waals surface area contributed by atoms with Gasteiger partial charge in [0.05, 0.1) is 7.11 Å². The number of nitrogens with two attached hydrogens (primary N) is 1. The fourth-order valence-electron chi connectivity index (χ4n) is 1.45. The Morgan fingerprint density at radius 1 is 1.43 bits per heavy atom. The van der Waals surface area contributed by atoms with Crippen LogP contribution in [0.4, 0.5) is 0 Å². The summed E-state index contributed by atoms with van der Waals surface area (Å²) >= 11 is 0. The van der Waals surface area contributed by atoms with Gasteiger partial charge in [0.15, 0.2) is 0 Å². The zero-order chi connectivity index (χ0) is 10.4. The van der Waals surface area contributed by atoms with Gasteiger partial charge in [-0.05, 0) is 30.0 Å². The first kappa shape index (κ1) is 11.0. The molecule has 0 aliphatic carbocycles. The summed E-state index contributed by atoms with van der Waals surface area (Å²) in [6.07, 6.45) is 1.95. The Balaban J connectivity index is 2.84. The molecule has 0 atom stereocenters. The normalized spacial score (nSPS) is 10.2. The molecule has 0 radical (unpaired) electrons. The van der Waals surface area contributed by atoms with Crippen molar-refractivity contribution < 1.29 is 4.74 Å². The lowest BCUT2D eigenvalue weighted by Gasteiger charge is -2.09. The number of rotatable bonds is 5. The maximum atomic E-state index is 5.27. The third-order valence-electron chi connectivity index (χ3n) is 2.29. The van der Waals surface area contributed by atoms with E-state index in [9.17, 15) is 0 Å². The van der Waals surface area contributed by atoms with Crippen molar-refractivity contribution in [3.8, 4) is 5.75 Å². The van der Waals surface area contributed by atoms with Crippen molar-refractivity contribution in [1.29, 1.82) is 0 Å². The molecule has 0 saturated heterocycles. The number of nitrogens with one attached hydrogen (secondary N) is 1. The van der Waals surface area contributed by atoms with Gasteiger partial charge in [0.2, 0.25) is 0 Å². The van der Waals surface area contributed by atoms with Gasteiger partial charge < -0.3 is 4.74 Å². The van der Waals surface area contributed by atoms with E-state index in [1.54, 1.807) is 7.11 Å². The standard InChI is InChI=1S/C11H18N2O/c1-3-9-4-5-11(14-2)10(8-9)6-7-13-12/h4-5,8,13H,3,6-7,12H2,1-2H3. The molecule has 78 valence electrons. The second kappa shape index (κ2) is 5.62. The number of methoxy groups -OCH3 is 1. The second-order valence-electron chi connectivity index (χ2n) is 3.20. The molecule has 3 nitrogen and oxygen atoms in total. The first-order valence-corrected chi connectivity index (χ1v) is 4.91. The van der Waals surface area contributed by atoms with Crippen LogP contribution < -0.4 is 16.0 Å². The first-order chi connectivity index (χ1) is 6.81. The molecule has 14 heavy (non-hydrogen) atoms. The topological polar surface area (TPSA) is 47.3 Å². The van der Waals surface area contributed by atoms with Gasteiger partial charge in [-0.2, -0.15) is 0 Å². The van der Waals surface area contributed by atoms with E-state index in [1.807, 2.05) is 6.07 Å². The van der Waals surface area contributed by atoms with Crippen LogP contribution in [0.2, 0.25) is 0 Å². The zero-order valence-corrected chi connectivity index (χ0v) is 8.84. The number of hydrogen-bond acceptors (Lipinski definition) is 3. The van der Waals surface area contributed by atoms with Gasteiger partial charge in [0.25, 0.3) is 0 Å². The summed E-state index contributed by atoms with van der Waals surface area (Å²) in [5.74, 6) is 6.19. The molecular weight excluding hydrogens is 176 g/mol. The van der Waals surface area contributed by atoms with E-state index in [0.717, 1.165) is 25.1 Å². The first-order valence-electron chi connectivity index (χ1n) is 4.91. The molecule has 1 rings (SSSR count). The van der Waals surface area contributed by atoms with E-state index in [-0.39, 0.29) is 0 Å². The predicted molar refractivity (Wildman–Crippen MR) is 58.3 cm³/mol. The van der Waals surface area contributed by atoms with Crippen LogP contribution in [0.5, 0.6) is 5.75 Å². The average molecular weight is 194 g/mol. The summed E-state index contributed by atoms with van der Waals surface area (Å²) in [6.45, 7) is 2.91. The minimum atomic E-state index is 0.767. The number of benzene rings is 1. The van der Waals surface area contributed by atoms with Crippen LogP contribution in [0.15, 0.2) is 18.2 Å². The Hall–Kier alpha value is -1.06. The van der Waals surface area contributed by atoms with E-state index in [0.29, 0.717) is 0 Å². The summed E-state index contributed by atoms with van der Waals surface area (Å²) in [7, 11) is 1.69. The highest BCUT2D eigenvalue weighted by atomic mass is 16.5. The van der Waals surface area contributed by atoms with Gasteiger partial charge in [0.1, 0.15) is 5.75 Å². The van der Waals surface area contributed by atoms with E-state index in [4.69, 9.17) is 10.6 Å². The predicted octanol–water partition coefficient (Wildman–Crippen LogP) is 1.26. The van der Waals surface area contributed by atoms with E-state index >= 15 is 0 Å². The quantitative estimate of drug-likeness (QED) is 0.548. The van der Waals surface area contributed by atoms with Crippen LogP contribution in [0.1, 0.15) is 18.1 Å². The van der Waals surface area contributed by atoms with Gasteiger partial charge in [-0.3, -0.25) is 11.3 Å². The molecule has 0 spiro atoms. The smallest absolute Gasteiger partial charge is 0.122 e. The maximum Gasteiger partial charge on any atom is 0.122 e. The molecule has 3 heteroatoms. The lowest BCUT2D eigenvalue weighted by atomic mass is 10.1. The zero-order valence-electron chi connectivity index (χ0n) is 8.84. The Morgan fingerprint density at radius 2 is 2.21 bits per heavy atom. The van der Waals surface area contributed by atoms with Crippen molar-refractivity contribution in [2.45, 2.75) is 19.8 Å². The largest absolute Gasteiger partial charge is 0.496 e. The van der Waals surface area contributed by atoms with Crippen LogP contribution in [-0.2, 0) is 12.8 Å². The van der Waals surface area contributed by atoms with Crippen LogP contribution in [-0.4, -0.2) is 13.7 Å². The van der Waals surface area contributed by atoms with Gasteiger partial charge >= 0.3 is 0 Å². The molecule has 0 bridgehead atoms. The molecule has 0 aromatic heterocycles. The molecular formula is C11H18N2O. The second-order valence-corrected chi connectivity index (χ2v) is 3.20. The average Bonchev–Trinajstić information content (AvgIpc) is 2.25. The number of ether oxygens (including phenoxy) is 1. The molecule has 0 saturated carbocycles. The molecule has 3 N–H and O–H groups in total. The Morgan fingerprint density at radius 3 is 2.79 bits per heavy atom. The summed E-state index contributed by atoms with van der Waals surface area (Å²) < 4.78 is 5.27. The van der Waals surface area contributed by atoms with Crippen molar-refractivity contribution in [1.82, 2.24) is 5.43 Å². The summed E-state index contributed by atoms with van der Waals surface area (Å²) in [4.78, 5) is 0. The third kappa shape index (κ3) is 2.72. The highest BCUT2D eigenvalue weighted by molar-refractivity contribution is 5.37. The van der Waals surface area contributed by atoms with Gasteiger partial charge in [-0.1, -0.05) is 19.1 Å². The lowest BCUT2D eigenvalue weighted by molar-refractivity contribution is 0.409. The summed E-state index contributed by atoms with van der Waals surface area (Å²) in [5, 5.41) is 0. The van der Waals surface area contributed by atoms with Crippen molar-refractivity contribution in [2.75, 3.05) is 13.7 Å². The van der Waals surface area contributed by atoms with Crippen molar-refractivity contribution >= 4 is 0 Å². The highest BCUT2D eigenvalue weighted by Gasteiger charge is 2.02. The molecule has 1 aromatic rings. The monoisotopic (exact) mass is 194 g/mol. The summed E-state index contributed by atoms with van der Waals surface area (Å²) in [5.41, 5.74) is 5.19. The molecule has 0 heterocycles. The molecule has 1 aromatic carbocycles. The SMILES string of the molecule is CCc1ccc(OC)c(CCNN)c1. The number of hydrazine groups is 1. The molecule has 0 aliphatic heterocycles. The summed E-state index contributed by atoms with van der Waals surface area (Å²) in [6, 6.07) is 6.29. The van der Waals surface area contributed by atoms with E-state index in [2.05, 4.69) is 24.5 Å². The Labute approximate surface area is 85.2 Å². The van der Waals surface area contributed by atoms with Crippen molar-refractivity contribution in [3.63, 3.8) is 0 Å². The lowest BCUT2D eigenvalue weighted by Crippen LogP contribution is -2.24. The van der Waals surface area contributed by atoms with Crippen molar-refractivity contribution in [2.24, 2.45) is 5.84 Å².